The van der Waals surface area contributed by atoms with Gasteiger partial charge in [-0.1, -0.05) is 13.0 Å². The molecule has 370 valence electrons. The molecule has 26 nitrogen and oxygen atoms in total. The van der Waals surface area contributed by atoms with E-state index in [-0.39, 0.29) is 38.0 Å². The van der Waals surface area contributed by atoms with Crippen LogP contribution in [0.2, 0.25) is 0 Å². The first-order valence-corrected chi connectivity index (χ1v) is 22.5. The van der Waals surface area contributed by atoms with E-state index in [0.717, 1.165) is 28.0 Å². The average molecular weight is 960 g/mol. The van der Waals surface area contributed by atoms with Crippen LogP contribution < -0.4 is 36.5 Å². The summed E-state index contributed by atoms with van der Waals surface area (Å²) < 4.78 is 36.5. The first kappa shape index (κ1) is 53.4. The zero-order chi connectivity index (χ0) is 49.4. The number of aromatic hydroxyl groups is 1. The fourth-order valence-electron chi connectivity index (χ4n) is 7.81. The topological polar surface area (TPSA) is 400 Å². The number of hydrogen-bond donors (Lipinski definition) is 13. The van der Waals surface area contributed by atoms with E-state index in [9.17, 15) is 77.2 Å². The average Bonchev–Trinajstić information content (AvgIpc) is 3.76. The first-order valence-electron chi connectivity index (χ1n) is 21.1. The number of phenols is 1. The third-order valence-corrected chi connectivity index (χ3v) is 11.8. The lowest BCUT2D eigenvalue weighted by Gasteiger charge is -2.34. The van der Waals surface area contributed by atoms with Gasteiger partial charge < -0.3 is 81.8 Å². The van der Waals surface area contributed by atoms with Crippen molar-refractivity contribution in [2.24, 2.45) is 11.7 Å². The third kappa shape index (κ3) is 14.1. The Bertz CT molecular complexity index is 2060. The minimum absolute atomic E-state index is 0.0591. The molecule has 0 aliphatic carbocycles. The number of nitrogens with one attached hydrogen (secondary N) is 5. The number of aliphatic hydroxyl groups excluding tert-OH is 5. The van der Waals surface area contributed by atoms with Crippen LogP contribution in [0.15, 0.2) is 18.2 Å². The standard InChI is InChI=1S/C39H61N9O17S/c1-18-16-48-32(33(18)55)37(59)42-9-5-6-22(40)34(56)43-29(19(2)49)38(60)47-17-21(50)14-23(47)35(57)44-30(25(52)12-20-7-8-24(51)27(13-20)65-66(62,63)64)36(58)45-31(39(48)61)26(53)15-28(54)41-10-11-46(3)4/h7-8,13,18-19,21-23,25-26,29-33,49-53,55H,5-6,9-12,14-17,40H2,1-4H3,(H,41,54)(H,42,59)(H,43,56)(H,44,57)(H,45,58)(H,62,63,64)/t18-,19+,21+,22-,23-,25+,26+,29?,30-,31-,32-,33-/m0/s1. The van der Waals surface area contributed by atoms with Crippen molar-refractivity contribution in [2.75, 3.05) is 46.8 Å². The Morgan fingerprint density at radius 3 is 2.20 bits per heavy atom. The van der Waals surface area contributed by atoms with Gasteiger partial charge in [0.15, 0.2) is 11.5 Å². The number of rotatable bonds is 12. The molecule has 12 atom stereocenters. The fraction of sp³-hybridized carbons (Fsp3) is 0.667. The Morgan fingerprint density at radius 1 is 0.924 bits per heavy atom. The Balaban J connectivity index is 1.83. The summed E-state index contributed by atoms with van der Waals surface area (Å²) in [5.41, 5.74) is 6.01. The van der Waals surface area contributed by atoms with E-state index < -0.39 is 162 Å². The van der Waals surface area contributed by atoms with Gasteiger partial charge in [-0.05, 0) is 51.6 Å². The van der Waals surface area contributed by atoms with Crippen molar-refractivity contribution in [1.82, 2.24) is 41.3 Å². The number of amides is 7. The number of benzene rings is 1. The van der Waals surface area contributed by atoms with E-state index >= 15 is 0 Å². The highest BCUT2D eigenvalue weighted by atomic mass is 32.3. The number of fused-ring (bicyclic) bond motifs is 2. The second-order valence-electron chi connectivity index (χ2n) is 17.0. The summed E-state index contributed by atoms with van der Waals surface area (Å²) >= 11 is 0. The molecule has 7 amide bonds. The summed E-state index contributed by atoms with van der Waals surface area (Å²) in [5.74, 6) is -9.72. The van der Waals surface area contributed by atoms with E-state index in [1.807, 2.05) is 0 Å². The van der Waals surface area contributed by atoms with Crippen LogP contribution in [-0.2, 0) is 50.4 Å². The van der Waals surface area contributed by atoms with Gasteiger partial charge in [-0.2, -0.15) is 8.42 Å². The van der Waals surface area contributed by atoms with Crippen molar-refractivity contribution in [3.63, 3.8) is 0 Å². The number of nitrogens with zero attached hydrogens (tertiary/aromatic N) is 3. The summed E-state index contributed by atoms with van der Waals surface area (Å²) in [6, 6.07) is -7.67. The molecule has 0 aromatic heterocycles. The van der Waals surface area contributed by atoms with Crippen LogP contribution in [0.4, 0.5) is 0 Å². The summed E-state index contributed by atoms with van der Waals surface area (Å²) in [5, 5.41) is 77.9. The molecule has 0 radical (unpaired) electrons. The van der Waals surface area contributed by atoms with Crippen LogP contribution in [0, 0.1) is 5.92 Å². The van der Waals surface area contributed by atoms with Gasteiger partial charge >= 0.3 is 10.4 Å². The number of likely N-dealkylation sites (N-methyl/N-ethyl adjacent to an activating group) is 1. The molecular formula is C39H61N9O17S. The molecule has 0 bridgehead atoms. The van der Waals surface area contributed by atoms with Crippen molar-refractivity contribution in [3.05, 3.63) is 23.8 Å². The van der Waals surface area contributed by atoms with Crippen LogP contribution in [0.3, 0.4) is 0 Å². The maximum Gasteiger partial charge on any atom is 0.446 e. The highest BCUT2D eigenvalue weighted by Crippen LogP contribution is 2.30. The van der Waals surface area contributed by atoms with Gasteiger partial charge in [0.05, 0.1) is 43.0 Å². The normalized spacial score (nSPS) is 29.1. The summed E-state index contributed by atoms with van der Waals surface area (Å²) in [7, 11) is -1.71. The van der Waals surface area contributed by atoms with E-state index in [2.05, 4.69) is 30.8 Å². The molecule has 14 N–H and O–H groups in total. The third-order valence-electron chi connectivity index (χ3n) is 11.4. The number of carbonyl (C=O) groups is 7. The number of aliphatic hydroxyl groups is 5. The molecule has 1 unspecified atom stereocenters. The van der Waals surface area contributed by atoms with Crippen LogP contribution in [0.5, 0.6) is 11.5 Å². The Kier molecular flexibility index (Phi) is 18.6. The molecule has 27 heteroatoms. The molecule has 3 saturated heterocycles. The minimum Gasteiger partial charge on any atom is -0.504 e. The SMILES string of the molecule is C[C@@H](O)C1NC(=O)[C@@H](N)CCCNC(=O)[C@@H]2[C@@H](O)[C@@H](C)CN2C(=O)[C@H]([C@H](O)CC(=O)NCCN(C)C)NC(=O)[C@H]([C@H](O)Cc2ccc(O)c(OS(=O)(=O)O)c2)NC(=O)[C@@H]2C[C@@H](O)CN2C1=O. The van der Waals surface area contributed by atoms with Crippen molar-refractivity contribution >= 4 is 51.7 Å². The Morgan fingerprint density at radius 2 is 1.56 bits per heavy atom. The molecule has 3 aliphatic heterocycles. The first-order chi connectivity index (χ1) is 30.8. The summed E-state index contributed by atoms with van der Waals surface area (Å²) in [6.45, 7) is 2.23. The maximum absolute atomic E-state index is 14.6. The largest absolute Gasteiger partial charge is 0.504 e. The number of carbonyl (C=O) groups excluding carboxylic acids is 7. The van der Waals surface area contributed by atoms with E-state index in [1.54, 1.807) is 19.0 Å². The fourth-order valence-corrected chi connectivity index (χ4v) is 8.17. The van der Waals surface area contributed by atoms with Gasteiger partial charge in [-0.3, -0.25) is 38.1 Å². The zero-order valence-electron chi connectivity index (χ0n) is 36.8. The second-order valence-corrected chi connectivity index (χ2v) is 18.1. The van der Waals surface area contributed by atoms with E-state index in [4.69, 9.17) is 5.73 Å². The van der Waals surface area contributed by atoms with Crippen LogP contribution >= 0.6 is 0 Å². The molecule has 0 spiro atoms. The number of phenolic OH excluding ortho intramolecular Hbond substituents is 1. The smallest absolute Gasteiger partial charge is 0.446 e. The van der Waals surface area contributed by atoms with E-state index in [1.165, 1.54) is 13.8 Å². The molecule has 66 heavy (non-hydrogen) atoms. The number of hydrogen-bond acceptors (Lipinski definition) is 18. The van der Waals surface area contributed by atoms with Crippen molar-refractivity contribution in [1.29, 1.82) is 0 Å². The number of nitrogens with two attached hydrogens (primary N) is 1. The van der Waals surface area contributed by atoms with E-state index in [0.29, 0.717) is 6.54 Å². The summed E-state index contributed by atoms with van der Waals surface area (Å²) in [4.78, 5) is 101. The molecule has 3 heterocycles. The second kappa shape index (κ2) is 23.0. The monoisotopic (exact) mass is 959 g/mol. The van der Waals surface area contributed by atoms with Crippen LogP contribution in [0.25, 0.3) is 0 Å². The van der Waals surface area contributed by atoms with Gasteiger partial charge in [0.1, 0.15) is 30.2 Å². The molecule has 3 fully saturated rings. The van der Waals surface area contributed by atoms with Gasteiger partial charge in [0.25, 0.3) is 0 Å². The van der Waals surface area contributed by atoms with Crippen molar-refractivity contribution in [3.8, 4) is 11.5 Å². The van der Waals surface area contributed by atoms with Gasteiger partial charge in [-0.25, -0.2) is 0 Å². The van der Waals surface area contributed by atoms with Gasteiger partial charge in [0.2, 0.25) is 41.4 Å². The predicted molar refractivity (Wildman–Crippen MR) is 227 cm³/mol. The molecular weight excluding hydrogens is 899 g/mol. The molecule has 0 saturated carbocycles. The Hall–Kier alpha value is -5.26. The molecule has 1 aromatic rings. The maximum atomic E-state index is 14.6. The molecule has 4 rings (SSSR count). The zero-order valence-corrected chi connectivity index (χ0v) is 37.6. The van der Waals surface area contributed by atoms with Crippen molar-refractivity contribution in [2.45, 2.75) is 113 Å². The predicted octanol–water partition coefficient (Wildman–Crippen LogP) is -6.85. The van der Waals surface area contributed by atoms with Crippen LogP contribution in [0.1, 0.15) is 45.1 Å². The highest BCUT2D eigenvalue weighted by Gasteiger charge is 2.49. The van der Waals surface area contributed by atoms with Crippen LogP contribution in [-0.4, -0.2) is 213 Å². The molecule has 3 aliphatic rings. The molecule has 1 aromatic carbocycles. The summed E-state index contributed by atoms with van der Waals surface area (Å²) in [6.07, 6.45) is -10.6. The lowest BCUT2D eigenvalue weighted by molar-refractivity contribution is -0.147. The lowest BCUT2D eigenvalue weighted by atomic mass is 9.98. The van der Waals surface area contributed by atoms with Gasteiger partial charge in [0, 0.05) is 51.5 Å². The highest BCUT2D eigenvalue weighted by molar-refractivity contribution is 7.81. The minimum atomic E-state index is -5.18. The quantitative estimate of drug-likeness (QED) is 0.0866. The van der Waals surface area contributed by atoms with Gasteiger partial charge in [-0.15, -0.1) is 0 Å². The lowest BCUT2D eigenvalue weighted by Crippen LogP contribution is -2.64. The van der Waals surface area contributed by atoms with Crippen molar-refractivity contribution < 1.29 is 81.4 Å². The Labute approximate surface area is 380 Å².